The third kappa shape index (κ3) is 2.57. The van der Waals surface area contributed by atoms with Crippen LogP contribution in [-0.4, -0.2) is 43.6 Å². The summed E-state index contributed by atoms with van der Waals surface area (Å²) in [5.41, 5.74) is 0.278. The second-order valence-corrected chi connectivity index (χ2v) is 7.96. The minimum atomic E-state index is -1.08. The van der Waals surface area contributed by atoms with Gasteiger partial charge in [-0.15, -0.1) is 0 Å². The fraction of sp³-hybridized carbons (Fsp3) is 0.286. The van der Waals surface area contributed by atoms with Crippen LogP contribution in [0.3, 0.4) is 0 Å². The minimum Gasteiger partial charge on any atom is -0.374 e. The summed E-state index contributed by atoms with van der Waals surface area (Å²) in [4.78, 5) is 29.6. The molecule has 3 aromatic rings. The number of aryl methyl sites for hydroxylation is 1. The summed E-state index contributed by atoms with van der Waals surface area (Å²) in [5, 5.41) is 15.6. The molecule has 1 N–H and O–H groups in total. The van der Waals surface area contributed by atoms with E-state index >= 15 is 0 Å². The van der Waals surface area contributed by atoms with Gasteiger partial charge in [-0.1, -0.05) is 35.0 Å². The molecular weight excluding hydrogens is 408 g/mol. The van der Waals surface area contributed by atoms with Crippen LogP contribution >= 0.6 is 11.6 Å². The highest BCUT2D eigenvalue weighted by Gasteiger charge is 2.56. The molecular formula is C21H19ClN4O4. The topological polar surface area (TPSA) is 91.8 Å². The summed E-state index contributed by atoms with van der Waals surface area (Å²) in [5.74, 6) is 0.234. The van der Waals surface area contributed by atoms with Crippen molar-refractivity contribution >= 4 is 17.5 Å². The fourth-order valence-electron chi connectivity index (χ4n) is 4.58. The first-order chi connectivity index (χ1) is 14.4. The van der Waals surface area contributed by atoms with Gasteiger partial charge < -0.3 is 14.5 Å². The largest absolute Gasteiger partial charge is 0.374 e. The Morgan fingerprint density at radius 1 is 1.17 bits per heavy atom. The molecule has 5 rings (SSSR count). The molecule has 154 valence electrons. The van der Waals surface area contributed by atoms with Crippen LogP contribution in [0.2, 0.25) is 5.02 Å². The van der Waals surface area contributed by atoms with Gasteiger partial charge in [-0.05, 0) is 30.7 Å². The lowest BCUT2D eigenvalue weighted by Crippen LogP contribution is -2.61. The lowest BCUT2D eigenvalue weighted by atomic mass is 9.93. The maximum absolute atomic E-state index is 13.4. The number of aliphatic hydroxyl groups excluding tert-OH is 1. The summed E-state index contributed by atoms with van der Waals surface area (Å²) in [6, 6.07) is 11.8. The zero-order chi connectivity index (χ0) is 21.0. The van der Waals surface area contributed by atoms with E-state index < -0.39 is 11.9 Å². The Bertz CT molecular complexity index is 1190. The van der Waals surface area contributed by atoms with Gasteiger partial charge in [0.05, 0.1) is 18.3 Å². The van der Waals surface area contributed by atoms with E-state index in [9.17, 15) is 14.7 Å². The highest BCUT2D eigenvalue weighted by atomic mass is 35.5. The average Bonchev–Trinajstić information content (AvgIpc) is 3.33. The number of pyridine rings is 1. The Labute approximate surface area is 176 Å². The molecule has 2 aliphatic heterocycles. The normalized spacial score (nSPS) is 22.1. The summed E-state index contributed by atoms with van der Waals surface area (Å²) < 4.78 is 6.61. The number of fused-ring (bicyclic) bond motifs is 2. The predicted molar refractivity (Wildman–Crippen MR) is 108 cm³/mol. The van der Waals surface area contributed by atoms with Crippen LogP contribution in [-0.2, 0) is 12.2 Å². The van der Waals surface area contributed by atoms with Crippen molar-refractivity contribution in [2.24, 2.45) is 0 Å². The average molecular weight is 427 g/mol. The van der Waals surface area contributed by atoms with E-state index in [1.165, 1.54) is 16.8 Å². The number of halogens is 1. The SMILES string of the molecule is Cc1oncc1C(O)N1CCN2C(=O)c3cccc(=O)n3CC21c1ccc(Cl)cc1. The molecule has 0 bridgehead atoms. The van der Waals surface area contributed by atoms with E-state index in [1.807, 2.05) is 17.0 Å². The number of carbonyl (C=O) groups is 1. The number of hydrogen-bond acceptors (Lipinski definition) is 6. The maximum atomic E-state index is 13.4. The van der Waals surface area contributed by atoms with Gasteiger partial charge in [-0.3, -0.25) is 14.2 Å². The first-order valence-electron chi connectivity index (χ1n) is 9.57. The van der Waals surface area contributed by atoms with Crippen molar-refractivity contribution in [3.63, 3.8) is 0 Å². The Balaban J connectivity index is 1.73. The van der Waals surface area contributed by atoms with E-state index in [0.29, 0.717) is 35.1 Å². The summed E-state index contributed by atoms with van der Waals surface area (Å²) in [6.07, 6.45) is 0.397. The standard InChI is InChI=1S/C21H19ClN4O4/c1-13-16(11-23-30-13)19(28)25-9-10-26-20(29)17-3-2-4-18(27)24(17)12-21(25,26)14-5-7-15(22)8-6-14/h2-8,11,19,28H,9-10,12H2,1H3. The Morgan fingerprint density at radius 2 is 1.93 bits per heavy atom. The molecule has 9 heteroatoms. The molecule has 1 amide bonds. The van der Waals surface area contributed by atoms with E-state index in [1.54, 1.807) is 36.1 Å². The molecule has 2 atom stereocenters. The van der Waals surface area contributed by atoms with Crippen molar-refractivity contribution in [3.8, 4) is 0 Å². The van der Waals surface area contributed by atoms with Crippen molar-refractivity contribution in [1.29, 1.82) is 0 Å². The van der Waals surface area contributed by atoms with Gasteiger partial charge in [-0.2, -0.15) is 0 Å². The van der Waals surface area contributed by atoms with Gasteiger partial charge in [-0.25, -0.2) is 4.90 Å². The molecule has 4 heterocycles. The van der Waals surface area contributed by atoms with Crippen LogP contribution in [0.25, 0.3) is 0 Å². The van der Waals surface area contributed by atoms with Crippen molar-refractivity contribution in [1.82, 2.24) is 19.5 Å². The van der Waals surface area contributed by atoms with Gasteiger partial charge in [0.25, 0.3) is 11.5 Å². The number of benzene rings is 1. The van der Waals surface area contributed by atoms with Crippen molar-refractivity contribution in [3.05, 3.63) is 86.6 Å². The van der Waals surface area contributed by atoms with Crippen LogP contribution in [0.4, 0.5) is 0 Å². The molecule has 0 radical (unpaired) electrons. The number of nitrogens with zero attached hydrogens (tertiary/aromatic N) is 4. The monoisotopic (exact) mass is 426 g/mol. The molecule has 30 heavy (non-hydrogen) atoms. The van der Waals surface area contributed by atoms with Crippen LogP contribution in [0.15, 0.2) is 58.0 Å². The van der Waals surface area contributed by atoms with Gasteiger partial charge in [0.1, 0.15) is 23.3 Å². The van der Waals surface area contributed by atoms with E-state index in [0.717, 1.165) is 5.56 Å². The van der Waals surface area contributed by atoms with Crippen LogP contribution in [0, 0.1) is 6.92 Å². The predicted octanol–water partition coefficient (Wildman–Crippen LogP) is 2.11. The zero-order valence-electron chi connectivity index (χ0n) is 16.2. The van der Waals surface area contributed by atoms with Crippen molar-refractivity contribution in [2.45, 2.75) is 25.4 Å². The summed E-state index contributed by atoms with van der Waals surface area (Å²) >= 11 is 6.11. The van der Waals surface area contributed by atoms with E-state index in [2.05, 4.69) is 5.16 Å². The molecule has 2 aromatic heterocycles. The van der Waals surface area contributed by atoms with Crippen molar-refractivity contribution in [2.75, 3.05) is 13.1 Å². The smallest absolute Gasteiger partial charge is 0.272 e. The molecule has 2 aliphatic rings. The minimum absolute atomic E-state index is 0.177. The number of carbonyl (C=O) groups excluding carboxylic acids is 1. The quantitative estimate of drug-likeness (QED) is 0.689. The highest BCUT2D eigenvalue weighted by Crippen LogP contribution is 2.46. The van der Waals surface area contributed by atoms with Gasteiger partial charge in [0.15, 0.2) is 0 Å². The number of amides is 1. The van der Waals surface area contributed by atoms with Gasteiger partial charge >= 0.3 is 0 Å². The number of rotatable bonds is 3. The summed E-state index contributed by atoms with van der Waals surface area (Å²) in [6.45, 7) is 2.70. The molecule has 0 spiro atoms. The summed E-state index contributed by atoms with van der Waals surface area (Å²) in [7, 11) is 0. The number of hydrogen-bond donors (Lipinski definition) is 1. The van der Waals surface area contributed by atoms with Crippen LogP contribution < -0.4 is 5.56 Å². The molecule has 0 saturated carbocycles. The molecule has 1 aromatic carbocycles. The third-order valence-electron chi connectivity index (χ3n) is 6.05. The molecule has 2 unspecified atom stereocenters. The van der Waals surface area contributed by atoms with Crippen LogP contribution in [0.5, 0.6) is 0 Å². The molecule has 1 saturated heterocycles. The molecule has 0 aliphatic carbocycles. The highest BCUT2D eigenvalue weighted by molar-refractivity contribution is 6.30. The van der Waals surface area contributed by atoms with E-state index in [4.69, 9.17) is 16.1 Å². The number of aromatic nitrogens is 2. The second-order valence-electron chi connectivity index (χ2n) is 7.52. The van der Waals surface area contributed by atoms with Crippen molar-refractivity contribution < 1.29 is 14.4 Å². The van der Waals surface area contributed by atoms with Crippen LogP contribution in [0.1, 0.15) is 33.6 Å². The fourth-order valence-corrected chi connectivity index (χ4v) is 4.71. The Hall–Kier alpha value is -2.94. The zero-order valence-corrected chi connectivity index (χ0v) is 16.9. The first kappa shape index (κ1) is 19.0. The molecule has 1 fully saturated rings. The van der Waals surface area contributed by atoms with E-state index in [-0.39, 0.29) is 18.0 Å². The maximum Gasteiger partial charge on any atom is 0.272 e. The van der Waals surface area contributed by atoms with Gasteiger partial charge in [0, 0.05) is 24.2 Å². The lowest BCUT2D eigenvalue weighted by Gasteiger charge is -2.48. The first-order valence-corrected chi connectivity index (χ1v) is 9.95. The Kier molecular flexibility index (Phi) is 4.32. The third-order valence-corrected chi connectivity index (χ3v) is 6.30. The van der Waals surface area contributed by atoms with Gasteiger partial charge in [0.2, 0.25) is 0 Å². The molecule has 8 nitrogen and oxygen atoms in total. The second kappa shape index (κ2) is 6.80. The Morgan fingerprint density at radius 3 is 2.63 bits per heavy atom. The lowest BCUT2D eigenvalue weighted by molar-refractivity contribution is -0.102. The number of aliphatic hydroxyl groups is 1.